The molecule has 118 valence electrons. The van der Waals surface area contributed by atoms with Crippen LogP contribution in [0.25, 0.3) is 0 Å². The highest BCUT2D eigenvalue weighted by molar-refractivity contribution is 7.89. The zero-order valence-corrected chi connectivity index (χ0v) is 13.3. The van der Waals surface area contributed by atoms with Crippen molar-refractivity contribution in [3.63, 3.8) is 0 Å². The monoisotopic (exact) mass is 307 g/mol. The third-order valence-corrected chi connectivity index (χ3v) is 4.34. The second kappa shape index (κ2) is 6.73. The molecule has 1 fully saturated rings. The summed E-state index contributed by atoms with van der Waals surface area (Å²) in [5, 5.41) is 5.94. The number of nitrogens with one attached hydrogen (secondary N) is 3. The molecule has 0 atom stereocenters. The maximum Gasteiger partial charge on any atom is 0.407 e. The number of hydrogen-bond acceptors (Lipinski definition) is 5. The van der Waals surface area contributed by atoms with Gasteiger partial charge in [-0.1, -0.05) is 0 Å². The number of ether oxygens (including phenoxy) is 1. The lowest BCUT2D eigenvalue weighted by molar-refractivity contribution is 0.0466. The smallest absolute Gasteiger partial charge is 0.407 e. The van der Waals surface area contributed by atoms with Crippen molar-refractivity contribution in [2.24, 2.45) is 0 Å². The van der Waals surface area contributed by atoms with E-state index in [0.29, 0.717) is 6.54 Å². The maximum atomic E-state index is 11.5. The number of carbonyl (C=O) groups excluding carboxylic acids is 1. The Labute approximate surface area is 120 Å². The molecule has 0 heterocycles. The van der Waals surface area contributed by atoms with E-state index < -0.39 is 21.7 Å². The van der Waals surface area contributed by atoms with Crippen LogP contribution in [0.2, 0.25) is 0 Å². The highest BCUT2D eigenvalue weighted by Crippen LogP contribution is 2.20. The summed E-state index contributed by atoms with van der Waals surface area (Å²) >= 11 is 0. The number of alkyl carbamates (subject to hydrolysis) is 1. The molecular weight excluding hydrogens is 282 g/mol. The Hall–Kier alpha value is -0.860. The van der Waals surface area contributed by atoms with Crippen molar-refractivity contribution >= 4 is 16.1 Å². The fraction of sp³-hybridized carbons (Fsp3) is 0.917. The first-order valence-electron chi connectivity index (χ1n) is 6.75. The quantitative estimate of drug-likeness (QED) is 0.650. The molecular formula is C12H25N3O4S. The first kappa shape index (κ1) is 17.2. The van der Waals surface area contributed by atoms with Crippen LogP contribution in [0.3, 0.4) is 0 Å². The van der Waals surface area contributed by atoms with Crippen LogP contribution < -0.4 is 15.4 Å². The van der Waals surface area contributed by atoms with Crippen molar-refractivity contribution in [3.05, 3.63) is 0 Å². The Morgan fingerprint density at radius 3 is 2.35 bits per heavy atom. The first-order chi connectivity index (χ1) is 9.11. The Kier molecular flexibility index (Phi) is 5.79. The van der Waals surface area contributed by atoms with E-state index in [9.17, 15) is 13.2 Å². The summed E-state index contributed by atoms with van der Waals surface area (Å²) in [7, 11) is -1.75. The molecule has 0 radical (unpaired) electrons. The number of amides is 1. The third-order valence-electron chi connectivity index (χ3n) is 2.97. The highest BCUT2D eigenvalue weighted by atomic mass is 32.2. The van der Waals surface area contributed by atoms with Gasteiger partial charge in [0.25, 0.3) is 0 Å². The summed E-state index contributed by atoms with van der Waals surface area (Å²) < 4.78 is 29.8. The van der Waals surface area contributed by atoms with Crippen LogP contribution in [0, 0.1) is 0 Å². The highest BCUT2D eigenvalue weighted by Gasteiger charge is 2.31. The molecule has 20 heavy (non-hydrogen) atoms. The predicted molar refractivity (Wildman–Crippen MR) is 77.0 cm³/mol. The predicted octanol–water partition coefficient (Wildman–Crippen LogP) is 0.181. The molecule has 0 aromatic heterocycles. The Bertz CT molecular complexity index is 424. The van der Waals surface area contributed by atoms with E-state index in [1.165, 1.54) is 7.05 Å². The molecule has 0 aromatic carbocycles. The van der Waals surface area contributed by atoms with Crippen LogP contribution in [-0.2, 0) is 14.8 Å². The lowest BCUT2D eigenvalue weighted by Gasteiger charge is -2.36. The van der Waals surface area contributed by atoms with Gasteiger partial charge in [-0.2, -0.15) is 0 Å². The third kappa shape index (κ3) is 6.53. The minimum atomic E-state index is -3.15. The largest absolute Gasteiger partial charge is 0.444 e. The summed E-state index contributed by atoms with van der Waals surface area (Å²) in [4.78, 5) is 11.5. The van der Waals surface area contributed by atoms with Crippen LogP contribution in [-0.4, -0.2) is 51.5 Å². The van der Waals surface area contributed by atoms with Gasteiger partial charge in [0, 0.05) is 18.6 Å². The lowest BCUT2D eigenvalue weighted by Crippen LogP contribution is -2.53. The summed E-state index contributed by atoms with van der Waals surface area (Å²) in [5.41, 5.74) is -0.493. The average Bonchev–Trinajstić information content (AvgIpc) is 2.22. The molecule has 8 heteroatoms. The Morgan fingerprint density at radius 1 is 1.25 bits per heavy atom. The van der Waals surface area contributed by atoms with E-state index in [4.69, 9.17) is 4.74 Å². The fourth-order valence-electron chi connectivity index (χ4n) is 1.88. The standard InChI is InChI=1S/C12H25N3O4S/c1-12(2,3)19-11(16)15-10-7-9(8-10)14-5-6-20(17,18)13-4/h9-10,13-14H,5-8H2,1-4H3,(H,15,16). The van der Waals surface area contributed by atoms with Crippen LogP contribution in [0.5, 0.6) is 0 Å². The van der Waals surface area contributed by atoms with Gasteiger partial charge < -0.3 is 15.4 Å². The van der Waals surface area contributed by atoms with Gasteiger partial charge in [-0.3, -0.25) is 0 Å². The fourth-order valence-corrected chi connectivity index (χ4v) is 2.47. The topological polar surface area (TPSA) is 96.5 Å². The molecule has 0 saturated heterocycles. The molecule has 1 aliphatic carbocycles. The van der Waals surface area contributed by atoms with Gasteiger partial charge >= 0.3 is 6.09 Å². The second-order valence-electron chi connectivity index (χ2n) is 5.99. The van der Waals surface area contributed by atoms with E-state index in [2.05, 4.69) is 15.4 Å². The van der Waals surface area contributed by atoms with Gasteiger partial charge in [0.05, 0.1) is 5.75 Å². The van der Waals surface area contributed by atoms with Crippen molar-refractivity contribution in [3.8, 4) is 0 Å². The SMILES string of the molecule is CNS(=O)(=O)CCNC1CC(NC(=O)OC(C)(C)C)C1. The minimum absolute atomic E-state index is 0.0597. The number of carbonyl (C=O) groups is 1. The molecule has 3 N–H and O–H groups in total. The molecule has 1 saturated carbocycles. The summed E-state index contributed by atoms with van der Waals surface area (Å²) in [6.45, 7) is 5.87. The Balaban J connectivity index is 2.13. The van der Waals surface area contributed by atoms with Crippen LogP contribution in [0.1, 0.15) is 33.6 Å². The molecule has 1 aliphatic rings. The molecule has 0 aliphatic heterocycles. The van der Waals surface area contributed by atoms with Crippen molar-refractivity contribution in [2.45, 2.75) is 51.3 Å². The van der Waals surface area contributed by atoms with Crippen molar-refractivity contribution < 1.29 is 17.9 Å². The maximum absolute atomic E-state index is 11.5. The lowest BCUT2D eigenvalue weighted by atomic mass is 9.87. The van der Waals surface area contributed by atoms with Gasteiger partial charge in [-0.05, 0) is 40.7 Å². The van der Waals surface area contributed by atoms with E-state index in [-0.39, 0.29) is 17.8 Å². The number of hydrogen-bond donors (Lipinski definition) is 3. The van der Waals surface area contributed by atoms with E-state index in [0.717, 1.165) is 12.8 Å². The van der Waals surface area contributed by atoms with Crippen LogP contribution in [0.4, 0.5) is 4.79 Å². The van der Waals surface area contributed by atoms with Crippen molar-refractivity contribution in [1.82, 2.24) is 15.4 Å². The zero-order valence-electron chi connectivity index (χ0n) is 12.5. The summed E-state index contributed by atoms with van der Waals surface area (Å²) in [5.74, 6) is 0.0597. The zero-order chi connectivity index (χ0) is 15.4. The summed E-state index contributed by atoms with van der Waals surface area (Å²) in [6.07, 6.45) is 1.18. The second-order valence-corrected chi connectivity index (χ2v) is 8.03. The number of rotatable bonds is 6. The van der Waals surface area contributed by atoms with Crippen LogP contribution >= 0.6 is 0 Å². The normalized spacial score (nSPS) is 23.0. The average molecular weight is 307 g/mol. The van der Waals surface area contributed by atoms with Crippen molar-refractivity contribution in [2.75, 3.05) is 19.3 Å². The summed E-state index contributed by atoms with van der Waals surface area (Å²) in [6, 6.07) is 0.352. The Morgan fingerprint density at radius 2 is 1.85 bits per heavy atom. The molecule has 0 bridgehead atoms. The van der Waals surface area contributed by atoms with Gasteiger partial charge in [0.15, 0.2) is 0 Å². The first-order valence-corrected chi connectivity index (χ1v) is 8.40. The van der Waals surface area contributed by atoms with Gasteiger partial charge in [0.2, 0.25) is 10.0 Å². The van der Waals surface area contributed by atoms with E-state index in [1.54, 1.807) is 0 Å². The molecule has 0 unspecified atom stereocenters. The molecule has 1 amide bonds. The van der Waals surface area contributed by atoms with E-state index >= 15 is 0 Å². The van der Waals surface area contributed by atoms with E-state index in [1.807, 2.05) is 20.8 Å². The molecule has 7 nitrogen and oxygen atoms in total. The minimum Gasteiger partial charge on any atom is -0.444 e. The van der Waals surface area contributed by atoms with Gasteiger partial charge in [0.1, 0.15) is 5.60 Å². The molecule has 0 aromatic rings. The molecule has 1 rings (SSSR count). The van der Waals surface area contributed by atoms with Crippen molar-refractivity contribution in [1.29, 1.82) is 0 Å². The molecule has 0 spiro atoms. The van der Waals surface area contributed by atoms with Crippen LogP contribution in [0.15, 0.2) is 0 Å². The van der Waals surface area contributed by atoms with Gasteiger partial charge in [-0.25, -0.2) is 17.9 Å². The van der Waals surface area contributed by atoms with Gasteiger partial charge in [-0.15, -0.1) is 0 Å². The number of sulfonamides is 1.